The molecule has 0 heterocycles. The summed E-state index contributed by atoms with van der Waals surface area (Å²) < 4.78 is 10.4. The summed E-state index contributed by atoms with van der Waals surface area (Å²) in [6, 6.07) is 12.4. The SMILES string of the molecule is CCOc1ccc(NC(=S)N/N=C/c2ccc(O)c(OC)c2)cc1. The Hall–Kier alpha value is -2.80. The van der Waals surface area contributed by atoms with Crippen molar-refractivity contribution >= 4 is 29.2 Å². The quantitative estimate of drug-likeness (QED) is 0.424. The van der Waals surface area contributed by atoms with Crippen LogP contribution >= 0.6 is 12.2 Å². The highest BCUT2D eigenvalue weighted by Gasteiger charge is 2.01. The Morgan fingerprint density at radius 2 is 2.00 bits per heavy atom. The van der Waals surface area contributed by atoms with Crippen molar-refractivity contribution in [2.24, 2.45) is 5.10 Å². The zero-order chi connectivity index (χ0) is 17.4. The van der Waals surface area contributed by atoms with E-state index in [4.69, 9.17) is 21.7 Å². The fourth-order valence-electron chi connectivity index (χ4n) is 1.90. The fraction of sp³-hybridized carbons (Fsp3) is 0.176. The molecule has 0 spiro atoms. The number of methoxy groups -OCH3 is 1. The zero-order valence-electron chi connectivity index (χ0n) is 13.4. The van der Waals surface area contributed by atoms with Crippen molar-refractivity contribution in [3.05, 3.63) is 48.0 Å². The molecule has 2 rings (SSSR count). The molecule has 2 aromatic carbocycles. The molecular weight excluding hydrogens is 326 g/mol. The molecule has 2 aromatic rings. The van der Waals surface area contributed by atoms with Crippen LogP contribution in [0.4, 0.5) is 5.69 Å². The van der Waals surface area contributed by atoms with Crippen LogP contribution in [-0.2, 0) is 0 Å². The first kappa shape index (κ1) is 17.6. The molecule has 0 unspecified atom stereocenters. The number of phenolic OH excluding ortho intramolecular Hbond substituents is 1. The summed E-state index contributed by atoms with van der Waals surface area (Å²) in [5.74, 6) is 1.27. The van der Waals surface area contributed by atoms with Crippen LogP contribution in [-0.4, -0.2) is 30.2 Å². The number of rotatable bonds is 6. The minimum Gasteiger partial charge on any atom is -0.504 e. The first-order chi connectivity index (χ1) is 11.6. The smallest absolute Gasteiger partial charge is 0.191 e. The molecular formula is C17H19N3O3S. The molecule has 0 atom stereocenters. The van der Waals surface area contributed by atoms with Crippen LogP contribution in [0.15, 0.2) is 47.6 Å². The van der Waals surface area contributed by atoms with Crippen LogP contribution in [0.5, 0.6) is 17.2 Å². The first-order valence-corrected chi connectivity index (χ1v) is 7.73. The molecule has 0 aliphatic heterocycles. The lowest BCUT2D eigenvalue weighted by molar-refractivity contribution is 0.340. The van der Waals surface area contributed by atoms with Crippen LogP contribution in [0.25, 0.3) is 0 Å². The molecule has 0 saturated carbocycles. The van der Waals surface area contributed by atoms with Crippen molar-refractivity contribution in [2.45, 2.75) is 6.92 Å². The Bertz CT molecular complexity index is 718. The second kappa shape index (κ2) is 8.73. The van der Waals surface area contributed by atoms with Crippen molar-refractivity contribution in [1.29, 1.82) is 0 Å². The van der Waals surface area contributed by atoms with E-state index in [-0.39, 0.29) is 5.75 Å². The number of phenols is 1. The van der Waals surface area contributed by atoms with Crippen molar-refractivity contribution in [2.75, 3.05) is 19.0 Å². The molecule has 0 saturated heterocycles. The predicted molar refractivity (Wildman–Crippen MR) is 99.2 cm³/mol. The largest absolute Gasteiger partial charge is 0.504 e. The normalized spacial score (nSPS) is 10.4. The number of nitrogens with zero attached hydrogens (tertiary/aromatic N) is 1. The molecule has 0 aliphatic carbocycles. The number of hydrogen-bond acceptors (Lipinski definition) is 5. The van der Waals surface area contributed by atoms with Gasteiger partial charge in [0.1, 0.15) is 5.75 Å². The third-order valence-corrected chi connectivity index (χ3v) is 3.20. The van der Waals surface area contributed by atoms with Gasteiger partial charge < -0.3 is 19.9 Å². The van der Waals surface area contributed by atoms with Crippen molar-refractivity contribution in [1.82, 2.24) is 5.43 Å². The van der Waals surface area contributed by atoms with E-state index >= 15 is 0 Å². The first-order valence-electron chi connectivity index (χ1n) is 7.32. The van der Waals surface area contributed by atoms with Gasteiger partial charge in [0.2, 0.25) is 0 Å². The summed E-state index contributed by atoms with van der Waals surface area (Å²) in [4.78, 5) is 0. The van der Waals surface area contributed by atoms with E-state index in [1.54, 1.807) is 18.3 Å². The number of anilines is 1. The van der Waals surface area contributed by atoms with Gasteiger partial charge >= 0.3 is 0 Å². The van der Waals surface area contributed by atoms with Gasteiger partial charge in [-0.25, -0.2) is 0 Å². The minimum atomic E-state index is 0.0790. The van der Waals surface area contributed by atoms with E-state index in [2.05, 4.69) is 15.8 Å². The standard InChI is InChI=1S/C17H19N3O3S/c1-3-23-14-7-5-13(6-8-14)19-17(24)20-18-11-12-4-9-15(21)16(10-12)22-2/h4-11,21H,3H2,1-2H3,(H2,19,20,24)/b18-11+. The average molecular weight is 345 g/mol. The summed E-state index contributed by atoms with van der Waals surface area (Å²) in [6.45, 7) is 2.57. The molecule has 0 fully saturated rings. The topological polar surface area (TPSA) is 75.1 Å². The Morgan fingerprint density at radius 3 is 2.67 bits per heavy atom. The van der Waals surface area contributed by atoms with Gasteiger partial charge in [0.15, 0.2) is 16.6 Å². The number of ether oxygens (including phenoxy) is 2. The Kier molecular flexibility index (Phi) is 6.39. The highest BCUT2D eigenvalue weighted by atomic mass is 32.1. The highest BCUT2D eigenvalue weighted by Crippen LogP contribution is 2.25. The molecule has 0 aliphatic rings. The van der Waals surface area contributed by atoms with Gasteiger partial charge in [-0.2, -0.15) is 5.10 Å². The number of benzene rings is 2. The van der Waals surface area contributed by atoms with Gasteiger partial charge in [-0.3, -0.25) is 5.43 Å². The zero-order valence-corrected chi connectivity index (χ0v) is 14.3. The van der Waals surface area contributed by atoms with Gasteiger partial charge in [0.05, 0.1) is 19.9 Å². The minimum absolute atomic E-state index is 0.0790. The number of nitrogens with one attached hydrogen (secondary N) is 2. The van der Waals surface area contributed by atoms with E-state index in [1.165, 1.54) is 13.2 Å². The summed E-state index contributed by atoms with van der Waals surface area (Å²) in [5, 5.41) is 17.0. The summed E-state index contributed by atoms with van der Waals surface area (Å²) in [7, 11) is 1.49. The summed E-state index contributed by atoms with van der Waals surface area (Å²) >= 11 is 5.17. The van der Waals surface area contributed by atoms with Crippen LogP contribution in [0.1, 0.15) is 12.5 Å². The third kappa shape index (κ3) is 5.13. The maximum Gasteiger partial charge on any atom is 0.191 e. The van der Waals surface area contributed by atoms with E-state index in [9.17, 15) is 5.11 Å². The van der Waals surface area contributed by atoms with Crippen molar-refractivity contribution < 1.29 is 14.6 Å². The van der Waals surface area contributed by atoms with Gasteiger partial charge in [0, 0.05) is 5.69 Å². The maximum atomic E-state index is 9.54. The third-order valence-electron chi connectivity index (χ3n) is 3.01. The fourth-order valence-corrected chi connectivity index (χ4v) is 2.07. The lowest BCUT2D eigenvalue weighted by atomic mass is 10.2. The Morgan fingerprint density at radius 1 is 1.25 bits per heavy atom. The van der Waals surface area contributed by atoms with Crippen LogP contribution < -0.4 is 20.2 Å². The second-order valence-corrected chi connectivity index (χ2v) is 5.12. The van der Waals surface area contributed by atoms with Crippen molar-refractivity contribution in [3.8, 4) is 17.2 Å². The number of thiocarbonyl (C=S) groups is 1. The maximum absolute atomic E-state index is 9.54. The Balaban J connectivity index is 1.88. The van der Waals surface area contributed by atoms with Crippen LogP contribution in [0, 0.1) is 0 Å². The molecule has 126 valence electrons. The van der Waals surface area contributed by atoms with Crippen molar-refractivity contribution in [3.63, 3.8) is 0 Å². The van der Waals surface area contributed by atoms with Crippen LogP contribution in [0.2, 0.25) is 0 Å². The van der Waals surface area contributed by atoms with Crippen LogP contribution in [0.3, 0.4) is 0 Å². The van der Waals surface area contributed by atoms with E-state index in [1.807, 2.05) is 31.2 Å². The van der Waals surface area contributed by atoms with Gasteiger partial charge in [-0.1, -0.05) is 0 Å². The summed E-state index contributed by atoms with van der Waals surface area (Å²) in [5.41, 5.74) is 4.32. The number of aromatic hydroxyl groups is 1. The number of hydrazone groups is 1. The van der Waals surface area contributed by atoms with E-state index in [0.717, 1.165) is 17.0 Å². The molecule has 3 N–H and O–H groups in total. The lowest BCUT2D eigenvalue weighted by Crippen LogP contribution is -2.23. The van der Waals surface area contributed by atoms with Gasteiger partial charge in [-0.05, 0) is 67.2 Å². The highest BCUT2D eigenvalue weighted by molar-refractivity contribution is 7.80. The monoisotopic (exact) mass is 345 g/mol. The molecule has 0 amide bonds. The molecule has 0 aromatic heterocycles. The summed E-state index contributed by atoms with van der Waals surface area (Å²) in [6.07, 6.45) is 1.58. The van der Waals surface area contributed by atoms with E-state index < -0.39 is 0 Å². The molecule has 0 bridgehead atoms. The van der Waals surface area contributed by atoms with E-state index in [0.29, 0.717) is 17.5 Å². The second-order valence-electron chi connectivity index (χ2n) is 4.71. The average Bonchev–Trinajstić information content (AvgIpc) is 2.58. The lowest BCUT2D eigenvalue weighted by Gasteiger charge is -2.08. The van der Waals surface area contributed by atoms with Gasteiger partial charge in [0.25, 0.3) is 0 Å². The number of hydrogen-bond donors (Lipinski definition) is 3. The molecule has 0 radical (unpaired) electrons. The van der Waals surface area contributed by atoms with Gasteiger partial charge in [-0.15, -0.1) is 0 Å². The predicted octanol–water partition coefficient (Wildman–Crippen LogP) is 3.12. The molecule has 6 nitrogen and oxygen atoms in total. The Labute approximate surface area is 146 Å². The molecule has 7 heteroatoms. The molecule has 24 heavy (non-hydrogen) atoms.